The smallest absolute Gasteiger partial charge is 0.430 e. The van der Waals surface area contributed by atoms with Crippen LogP contribution in [0.2, 0.25) is 10.0 Å². The van der Waals surface area contributed by atoms with E-state index < -0.39 is 12.3 Å². The van der Waals surface area contributed by atoms with Crippen molar-refractivity contribution < 1.29 is 19.1 Å². The summed E-state index contributed by atoms with van der Waals surface area (Å²) >= 11 is 12.6. The number of anilines is 2. The van der Waals surface area contributed by atoms with E-state index in [1.54, 1.807) is 11.9 Å². The molecule has 2 aliphatic heterocycles. The standard InChI is InChI=1S/C31H41Cl2N5O4/c1-5-37(34-4)31(40)42-30(22(2)3)38-27-21-24(13-11-23(27)12-14-28(38)39)41-20-7-6-15-35-16-18-36(19-17-35)26-10-8-9-25(32)29(26)33/h5,8-11,13,21-22,30,34H,1,6-7,12,14-20H2,2-4H3. The van der Waals surface area contributed by atoms with E-state index in [4.69, 9.17) is 32.7 Å². The van der Waals surface area contributed by atoms with Gasteiger partial charge in [0.05, 0.1) is 28.0 Å². The zero-order chi connectivity index (χ0) is 30.2. The lowest BCUT2D eigenvalue weighted by Gasteiger charge is -2.38. The lowest BCUT2D eigenvalue weighted by molar-refractivity contribution is -0.121. The van der Waals surface area contributed by atoms with Crippen molar-refractivity contribution in [2.24, 2.45) is 5.92 Å². The fraction of sp³-hybridized carbons (Fsp3) is 0.484. The summed E-state index contributed by atoms with van der Waals surface area (Å²) < 4.78 is 11.9. The van der Waals surface area contributed by atoms with Crippen molar-refractivity contribution in [3.05, 3.63) is 64.8 Å². The van der Waals surface area contributed by atoms with Crippen LogP contribution in [0.4, 0.5) is 16.2 Å². The molecule has 2 aromatic rings. The van der Waals surface area contributed by atoms with Crippen LogP contribution in [-0.2, 0) is 16.0 Å². The van der Waals surface area contributed by atoms with Crippen molar-refractivity contribution in [2.75, 3.05) is 56.2 Å². The first-order chi connectivity index (χ1) is 20.2. The van der Waals surface area contributed by atoms with Gasteiger partial charge in [-0.15, -0.1) is 0 Å². The van der Waals surface area contributed by atoms with Gasteiger partial charge in [0.2, 0.25) is 5.91 Å². The largest absolute Gasteiger partial charge is 0.494 e. The molecule has 2 aromatic carbocycles. The lowest BCUT2D eigenvalue weighted by atomic mass is 9.98. The minimum absolute atomic E-state index is 0.0847. The number of aryl methyl sites for hydroxylation is 1. The van der Waals surface area contributed by atoms with E-state index in [1.807, 2.05) is 50.2 Å². The number of benzene rings is 2. The monoisotopic (exact) mass is 617 g/mol. The Bertz CT molecular complexity index is 1250. The van der Waals surface area contributed by atoms with Crippen LogP contribution in [0, 0.1) is 5.92 Å². The summed E-state index contributed by atoms with van der Waals surface area (Å²) in [6, 6.07) is 11.6. The summed E-state index contributed by atoms with van der Waals surface area (Å²) in [5, 5.41) is 2.34. The number of nitrogens with zero attached hydrogens (tertiary/aromatic N) is 4. The highest BCUT2D eigenvalue weighted by atomic mass is 35.5. The number of halogens is 2. The van der Waals surface area contributed by atoms with Gasteiger partial charge < -0.3 is 14.4 Å². The number of carbonyl (C=O) groups is 2. The Labute approximate surface area is 258 Å². The Balaban J connectivity index is 1.29. The van der Waals surface area contributed by atoms with Crippen molar-refractivity contribution in [3.8, 4) is 5.75 Å². The van der Waals surface area contributed by atoms with Gasteiger partial charge in [-0.25, -0.2) is 15.2 Å². The molecule has 2 aliphatic rings. The van der Waals surface area contributed by atoms with E-state index in [9.17, 15) is 9.59 Å². The molecule has 0 aromatic heterocycles. The Kier molecular flexibility index (Phi) is 11.4. The molecule has 4 rings (SSSR count). The van der Waals surface area contributed by atoms with Crippen LogP contribution >= 0.6 is 23.2 Å². The quantitative estimate of drug-likeness (QED) is 0.233. The number of nitrogens with one attached hydrogen (secondary N) is 1. The average Bonchev–Trinajstić information content (AvgIpc) is 2.98. The van der Waals surface area contributed by atoms with Crippen LogP contribution in [0.1, 0.15) is 38.7 Å². The number of hydrazine groups is 1. The molecule has 1 N–H and O–H groups in total. The summed E-state index contributed by atoms with van der Waals surface area (Å²) in [7, 11) is 1.59. The first-order valence-electron chi connectivity index (χ1n) is 14.5. The predicted octanol–water partition coefficient (Wildman–Crippen LogP) is 5.95. The summed E-state index contributed by atoms with van der Waals surface area (Å²) in [4.78, 5) is 32.1. The number of amides is 2. The minimum Gasteiger partial charge on any atom is -0.494 e. The highest BCUT2D eigenvalue weighted by Gasteiger charge is 2.36. The number of fused-ring (bicyclic) bond motifs is 1. The zero-order valence-corrected chi connectivity index (χ0v) is 26.2. The van der Waals surface area contributed by atoms with Gasteiger partial charge in [0.25, 0.3) is 0 Å². The molecule has 1 saturated heterocycles. The molecule has 2 heterocycles. The molecule has 0 bridgehead atoms. The third-order valence-electron chi connectivity index (χ3n) is 7.64. The first kappa shape index (κ1) is 31.9. The highest BCUT2D eigenvalue weighted by molar-refractivity contribution is 6.43. The first-order valence-corrected chi connectivity index (χ1v) is 15.3. The van der Waals surface area contributed by atoms with Gasteiger partial charge in [-0.1, -0.05) is 55.8 Å². The van der Waals surface area contributed by atoms with Gasteiger partial charge in [-0.05, 0) is 49.6 Å². The molecule has 2 amide bonds. The molecule has 0 saturated carbocycles. The molecule has 1 unspecified atom stereocenters. The third-order valence-corrected chi connectivity index (χ3v) is 8.45. The van der Waals surface area contributed by atoms with E-state index >= 15 is 0 Å². The number of unbranched alkanes of at least 4 members (excludes halogenated alkanes) is 1. The average molecular weight is 619 g/mol. The molecule has 42 heavy (non-hydrogen) atoms. The van der Waals surface area contributed by atoms with Gasteiger partial charge in [-0.2, -0.15) is 0 Å². The zero-order valence-electron chi connectivity index (χ0n) is 24.7. The number of hydrogen-bond acceptors (Lipinski definition) is 7. The van der Waals surface area contributed by atoms with Gasteiger partial charge in [0, 0.05) is 57.8 Å². The maximum absolute atomic E-state index is 13.1. The molecule has 1 atom stereocenters. The van der Waals surface area contributed by atoms with Gasteiger partial charge >= 0.3 is 6.09 Å². The molecular formula is C31H41Cl2N5O4. The fourth-order valence-corrected chi connectivity index (χ4v) is 5.74. The van der Waals surface area contributed by atoms with Crippen LogP contribution < -0.4 is 20.0 Å². The second kappa shape index (κ2) is 15.0. The maximum atomic E-state index is 13.1. The van der Waals surface area contributed by atoms with E-state index in [1.165, 1.54) is 6.20 Å². The van der Waals surface area contributed by atoms with Crippen molar-refractivity contribution >= 4 is 46.6 Å². The summed E-state index contributed by atoms with van der Waals surface area (Å²) in [5.74, 6) is 0.469. The molecule has 9 nitrogen and oxygen atoms in total. The number of ether oxygens (including phenoxy) is 2. The summed E-state index contributed by atoms with van der Waals surface area (Å²) in [5.41, 5.74) is 5.45. The Morgan fingerprint density at radius 2 is 1.86 bits per heavy atom. The topological polar surface area (TPSA) is 77.6 Å². The van der Waals surface area contributed by atoms with Crippen LogP contribution in [0.25, 0.3) is 0 Å². The number of hydrogen-bond donors (Lipinski definition) is 1. The molecule has 0 aliphatic carbocycles. The number of piperazine rings is 1. The van der Waals surface area contributed by atoms with E-state index in [2.05, 4.69) is 21.8 Å². The maximum Gasteiger partial charge on any atom is 0.430 e. The molecule has 0 radical (unpaired) electrons. The molecule has 0 spiro atoms. The van der Waals surface area contributed by atoms with Gasteiger partial charge in [-0.3, -0.25) is 14.6 Å². The lowest BCUT2D eigenvalue weighted by Crippen LogP contribution is -2.50. The summed E-state index contributed by atoms with van der Waals surface area (Å²) in [6.07, 6.45) is 2.84. The van der Waals surface area contributed by atoms with Crippen LogP contribution in [0.5, 0.6) is 5.75 Å². The number of carbonyl (C=O) groups excluding carboxylic acids is 2. The van der Waals surface area contributed by atoms with Gasteiger partial charge in [0.1, 0.15) is 5.75 Å². The van der Waals surface area contributed by atoms with Crippen LogP contribution in [0.3, 0.4) is 0 Å². The van der Waals surface area contributed by atoms with Crippen molar-refractivity contribution in [3.63, 3.8) is 0 Å². The van der Waals surface area contributed by atoms with E-state index in [0.717, 1.165) is 67.5 Å². The van der Waals surface area contributed by atoms with Crippen molar-refractivity contribution in [1.29, 1.82) is 0 Å². The fourth-order valence-electron chi connectivity index (χ4n) is 5.33. The number of rotatable bonds is 12. The predicted molar refractivity (Wildman–Crippen MR) is 168 cm³/mol. The Morgan fingerprint density at radius 1 is 1.10 bits per heavy atom. The van der Waals surface area contributed by atoms with Crippen LogP contribution in [-0.4, -0.2) is 74.5 Å². The van der Waals surface area contributed by atoms with E-state index in [0.29, 0.717) is 35.2 Å². The Morgan fingerprint density at radius 3 is 2.55 bits per heavy atom. The molecule has 1 fully saturated rings. The second-order valence-electron chi connectivity index (χ2n) is 10.8. The molecular weight excluding hydrogens is 577 g/mol. The van der Waals surface area contributed by atoms with Crippen LogP contribution in [0.15, 0.2) is 49.2 Å². The van der Waals surface area contributed by atoms with Gasteiger partial charge in [0.15, 0.2) is 6.23 Å². The second-order valence-corrected chi connectivity index (χ2v) is 11.6. The molecule has 11 heteroatoms. The Hall–Kier alpha value is -2.98. The SMILES string of the molecule is C=CN(NC)C(=O)OC(C(C)C)N1C(=O)CCc2ccc(OCCCCN3CCN(c4cccc(Cl)c4Cl)CC3)cc21. The van der Waals surface area contributed by atoms with Crippen molar-refractivity contribution in [1.82, 2.24) is 15.3 Å². The normalized spacial score (nSPS) is 16.3. The molecule has 228 valence electrons. The summed E-state index contributed by atoms with van der Waals surface area (Å²) in [6.45, 7) is 12.8. The van der Waals surface area contributed by atoms with Crippen molar-refractivity contribution in [2.45, 2.75) is 45.8 Å². The third kappa shape index (κ3) is 7.69. The highest BCUT2D eigenvalue weighted by Crippen LogP contribution is 2.35. The van der Waals surface area contributed by atoms with E-state index in [-0.39, 0.29) is 11.8 Å². The minimum atomic E-state index is -0.773.